The highest BCUT2D eigenvalue weighted by Crippen LogP contribution is 2.21. The Bertz CT molecular complexity index is 1080. The summed E-state index contributed by atoms with van der Waals surface area (Å²) >= 11 is 0. The number of nitrogens with one attached hydrogen (secondary N) is 3. The first-order chi connectivity index (χ1) is 15.3. The van der Waals surface area contributed by atoms with Crippen LogP contribution in [0.15, 0.2) is 65.2 Å². The molecule has 1 heterocycles. The summed E-state index contributed by atoms with van der Waals surface area (Å²) in [5, 5.41) is 21.0. The molecule has 1 atom stereocenters. The first kappa shape index (κ1) is 22.5. The highest BCUT2D eigenvalue weighted by Gasteiger charge is 2.25. The Morgan fingerprint density at radius 3 is 2.34 bits per heavy atom. The van der Waals surface area contributed by atoms with Crippen LogP contribution in [-0.4, -0.2) is 34.2 Å². The summed E-state index contributed by atoms with van der Waals surface area (Å²) in [4.78, 5) is 35.6. The van der Waals surface area contributed by atoms with Crippen LogP contribution < -0.4 is 16.0 Å². The summed E-state index contributed by atoms with van der Waals surface area (Å²) in [6.07, 6.45) is 0. The minimum atomic E-state index is -1.12. The molecule has 0 aliphatic rings. The molecule has 4 N–H and O–H groups in total. The van der Waals surface area contributed by atoms with Crippen LogP contribution in [0.2, 0.25) is 0 Å². The zero-order valence-electron chi connectivity index (χ0n) is 17.7. The van der Waals surface area contributed by atoms with Crippen molar-refractivity contribution in [3.05, 3.63) is 72.0 Å². The van der Waals surface area contributed by atoms with E-state index in [-0.39, 0.29) is 17.7 Å². The maximum atomic E-state index is 12.3. The number of hydrogen-bond acceptors (Lipinski definition) is 5. The minimum absolute atomic E-state index is 0.0885. The Balaban J connectivity index is 1.58. The molecule has 0 fully saturated rings. The van der Waals surface area contributed by atoms with E-state index in [9.17, 15) is 19.5 Å². The maximum Gasteiger partial charge on any atom is 0.326 e. The molecule has 1 aromatic heterocycles. The molecular formula is C23H24N4O5. The van der Waals surface area contributed by atoms with E-state index in [2.05, 4.69) is 21.1 Å². The number of urea groups is 1. The van der Waals surface area contributed by atoms with Crippen LogP contribution in [0.3, 0.4) is 0 Å². The number of carbonyl (C=O) groups is 3. The first-order valence-electron chi connectivity index (χ1n) is 10.0. The predicted octanol–water partition coefficient (Wildman–Crippen LogP) is 3.50. The Morgan fingerprint density at radius 1 is 1.03 bits per heavy atom. The third-order valence-electron chi connectivity index (χ3n) is 4.69. The first-order valence-corrected chi connectivity index (χ1v) is 10.0. The summed E-state index contributed by atoms with van der Waals surface area (Å²) in [6, 6.07) is 16.5. The molecule has 0 aliphatic heterocycles. The van der Waals surface area contributed by atoms with E-state index < -0.39 is 17.9 Å². The van der Waals surface area contributed by atoms with Gasteiger partial charge < -0.3 is 25.6 Å². The van der Waals surface area contributed by atoms with Crippen LogP contribution >= 0.6 is 0 Å². The van der Waals surface area contributed by atoms with Crippen molar-refractivity contribution in [2.75, 3.05) is 5.32 Å². The van der Waals surface area contributed by atoms with Crippen molar-refractivity contribution in [1.82, 2.24) is 15.8 Å². The van der Waals surface area contributed by atoms with E-state index >= 15 is 0 Å². The Kier molecular flexibility index (Phi) is 7.22. The molecule has 0 saturated heterocycles. The van der Waals surface area contributed by atoms with Gasteiger partial charge in [0.15, 0.2) is 0 Å². The van der Waals surface area contributed by atoms with Gasteiger partial charge in [0, 0.05) is 23.9 Å². The average molecular weight is 436 g/mol. The van der Waals surface area contributed by atoms with Crippen molar-refractivity contribution in [3.63, 3.8) is 0 Å². The van der Waals surface area contributed by atoms with Gasteiger partial charge in [-0.05, 0) is 23.6 Å². The lowest BCUT2D eigenvalue weighted by molar-refractivity contribution is -0.140. The fraction of sp³-hybridized carbons (Fsp3) is 0.217. The molecular weight excluding hydrogens is 412 g/mol. The van der Waals surface area contributed by atoms with Crippen LogP contribution in [0.1, 0.15) is 30.0 Å². The highest BCUT2D eigenvalue weighted by atomic mass is 16.5. The summed E-state index contributed by atoms with van der Waals surface area (Å²) in [5.41, 5.74) is 2.65. The van der Waals surface area contributed by atoms with Gasteiger partial charge in [-0.2, -0.15) is 0 Å². The number of rotatable bonds is 8. The van der Waals surface area contributed by atoms with E-state index in [4.69, 9.17) is 4.52 Å². The predicted molar refractivity (Wildman–Crippen MR) is 118 cm³/mol. The number of benzene rings is 2. The van der Waals surface area contributed by atoms with Crippen LogP contribution in [-0.2, 0) is 11.3 Å². The smallest absolute Gasteiger partial charge is 0.326 e. The molecule has 2 aromatic carbocycles. The van der Waals surface area contributed by atoms with Gasteiger partial charge in [0.25, 0.3) is 5.91 Å². The Labute approximate surface area is 184 Å². The average Bonchev–Trinajstić information content (AvgIpc) is 3.27. The van der Waals surface area contributed by atoms with Gasteiger partial charge in [0.1, 0.15) is 11.7 Å². The molecule has 0 saturated carbocycles. The lowest BCUT2D eigenvalue weighted by atomic mass is 10.0. The second-order valence-electron chi connectivity index (χ2n) is 7.48. The van der Waals surface area contributed by atoms with Gasteiger partial charge in [-0.15, -0.1) is 0 Å². The van der Waals surface area contributed by atoms with Crippen molar-refractivity contribution in [2.24, 2.45) is 5.92 Å². The second kappa shape index (κ2) is 10.3. The molecule has 0 bridgehead atoms. The van der Waals surface area contributed by atoms with Gasteiger partial charge in [-0.3, -0.25) is 4.79 Å². The van der Waals surface area contributed by atoms with Crippen molar-refractivity contribution in [1.29, 1.82) is 0 Å². The molecule has 3 aromatic rings. The van der Waals surface area contributed by atoms with Crippen molar-refractivity contribution in [3.8, 4) is 11.3 Å². The number of carboxylic acids is 1. The summed E-state index contributed by atoms with van der Waals surface area (Å²) in [5.74, 6) is -2.15. The molecule has 0 radical (unpaired) electrons. The van der Waals surface area contributed by atoms with Crippen molar-refractivity contribution >= 4 is 23.6 Å². The summed E-state index contributed by atoms with van der Waals surface area (Å²) in [7, 11) is 0. The third-order valence-corrected chi connectivity index (χ3v) is 4.69. The molecule has 0 aliphatic carbocycles. The zero-order chi connectivity index (χ0) is 23.1. The summed E-state index contributed by atoms with van der Waals surface area (Å²) < 4.78 is 5.08. The molecule has 1 unspecified atom stereocenters. The molecule has 0 spiro atoms. The third kappa shape index (κ3) is 5.94. The van der Waals surface area contributed by atoms with Gasteiger partial charge in [0.2, 0.25) is 5.76 Å². The SMILES string of the molecule is CC(C)C(NC(=O)c1cc(-c2ccc(NC(=O)NCc3ccccc3)cc2)no1)C(=O)O. The highest BCUT2D eigenvalue weighted by molar-refractivity contribution is 5.95. The second-order valence-corrected chi connectivity index (χ2v) is 7.48. The summed E-state index contributed by atoms with van der Waals surface area (Å²) in [6.45, 7) is 3.80. The van der Waals surface area contributed by atoms with Crippen LogP contribution in [0, 0.1) is 5.92 Å². The van der Waals surface area contributed by atoms with Gasteiger partial charge in [0.05, 0.1) is 0 Å². The van der Waals surface area contributed by atoms with Crippen molar-refractivity contribution in [2.45, 2.75) is 26.4 Å². The van der Waals surface area contributed by atoms with Crippen LogP contribution in [0.5, 0.6) is 0 Å². The fourth-order valence-electron chi connectivity index (χ4n) is 2.92. The normalized spacial score (nSPS) is 11.6. The van der Waals surface area contributed by atoms with Gasteiger partial charge in [-0.1, -0.05) is 61.5 Å². The number of carbonyl (C=O) groups excluding carboxylic acids is 2. The lowest BCUT2D eigenvalue weighted by Crippen LogP contribution is -2.44. The van der Waals surface area contributed by atoms with E-state index in [1.165, 1.54) is 6.07 Å². The maximum absolute atomic E-state index is 12.3. The van der Waals surface area contributed by atoms with E-state index in [0.717, 1.165) is 5.56 Å². The van der Waals surface area contributed by atoms with Gasteiger partial charge >= 0.3 is 12.0 Å². The molecule has 3 amide bonds. The fourth-order valence-corrected chi connectivity index (χ4v) is 2.92. The lowest BCUT2D eigenvalue weighted by Gasteiger charge is -2.16. The minimum Gasteiger partial charge on any atom is -0.480 e. The Hall–Kier alpha value is -4.14. The molecule has 3 rings (SSSR count). The van der Waals surface area contributed by atoms with Crippen LogP contribution in [0.25, 0.3) is 11.3 Å². The molecule has 32 heavy (non-hydrogen) atoms. The van der Waals surface area contributed by atoms with Crippen molar-refractivity contribution < 1.29 is 24.0 Å². The number of anilines is 1. The van der Waals surface area contributed by atoms with E-state index in [1.807, 2.05) is 30.3 Å². The van der Waals surface area contributed by atoms with E-state index in [1.54, 1.807) is 38.1 Å². The van der Waals surface area contributed by atoms with Gasteiger partial charge in [-0.25, -0.2) is 9.59 Å². The molecule has 9 nitrogen and oxygen atoms in total. The standard InChI is InChI=1S/C23H24N4O5/c1-14(2)20(22(29)30)26-21(28)19-12-18(27-32-19)16-8-10-17(11-9-16)25-23(31)24-13-15-6-4-3-5-7-15/h3-12,14,20H,13H2,1-2H3,(H,26,28)(H,29,30)(H2,24,25,31). The quantitative estimate of drug-likeness (QED) is 0.427. The number of carboxylic acid groups (broad SMARTS) is 1. The molecule has 9 heteroatoms. The number of hydrogen-bond donors (Lipinski definition) is 4. The number of amides is 3. The van der Waals surface area contributed by atoms with Crippen LogP contribution in [0.4, 0.5) is 10.5 Å². The monoisotopic (exact) mass is 436 g/mol. The molecule has 166 valence electrons. The number of aromatic nitrogens is 1. The number of aliphatic carboxylic acids is 1. The topological polar surface area (TPSA) is 134 Å². The number of nitrogens with zero attached hydrogens (tertiary/aromatic N) is 1. The Morgan fingerprint density at radius 2 is 1.72 bits per heavy atom. The largest absolute Gasteiger partial charge is 0.480 e. The zero-order valence-corrected chi connectivity index (χ0v) is 17.7. The van der Waals surface area contributed by atoms with E-state index in [0.29, 0.717) is 23.5 Å².